The van der Waals surface area contributed by atoms with Crippen LogP contribution in [0.15, 0.2) is 0 Å². The van der Waals surface area contributed by atoms with Crippen LogP contribution in [0.1, 0.15) is 59.8 Å². The van der Waals surface area contributed by atoms with E-state index in [1.54, 1.807) is 0 Å². The summed E-state index contributed by atoms with van der Waals surface area (Å²) in [6.45, 7) is 13.0. The molecule has 1 saturated carbocycles. The molecule has 2 rings (SSSR count). The van der Waals surface area contributed by atoms with E-state index in [4.69, 9.17) is 5.73 Å². The van der Waals surface area contributed by atoms with Crippen molar-refractivity contribution in [3.8, 4) is 0 Å². The van der Waals surface area contributed by atoms with Crippen molar-refractivity contribution in [1.82, 2.24) is 4.90 Å². The molecule has 3 atom stereocenters. The molecule has 1 aliphatic carbocycles. The minimum atomic E-state index is 0.322. The zero-order valence-electron chi connectivity index (χ0n) is 12.8. The summed E-state index contributed by atoms with van der Waals surface area (Å²) in [7, 11) is 0. The first-order valence-corrected chi connectivity index (χ1v) is 7.84. The predicted octanol–water partition coefficient (Wildman–Crippen LogP) is 3.26. The largest absolute Gasteiger partial charge is 0.329 e. The first-order valence-electron chi connectivity index (χ1n) is 7.84. The van der Waals surface area contributed by atoms with Crippen molar-refractivity contribution in [2.75, 3.05) is 19.6 Å². The van der Waals surface area contributed by atoms with E-state index in [9.17, 15) is 0 Å². The average Bonchev–Trinajstić information content (AvgIpc) is 2.33. The van der Waals surface area contributed by atoms with Gasteiger partial charge in [-0.3, -0.25) is 4.90 Å². The summed E-state index contributed by atoms with van der Waals surface area (Å²) < 4.78 is 0. The van der Waals surface area contributed by atoms with Crippen molar-refractivity contribution < 1.29 is 0 Å². The molecule has 2 nitrogen and oxygen atoms in total. The van der Waals surface area contributed by atoms with Crippen molar-refractivity contribution >= 4 is 0 Å². The lowest BCUT2D eigenvalue weighted by Gasteiger charge is -2.52. The zero-order valence-corrected chi connectivity index (χ0v) is 12.8. The lowest BCUT2D eigenvalue weighted by molar-refractivity contribution is -0.0141. The molecule has 1 aliphatic heterocycles. The summed E-state index contributed by atoms with van der Waals surface area (Å²) in [4.78, 5) is 2.74. The fourth-order valence-electron chi connectivity index (χ4n) is 3.87. The molecule has 1 saturated heterocycles. The molecule has 106 valence electrons. The second-order valence-electron chi connectivity index (χ2n) is 7.78. The van der Waals surface area contributed by atoms with Gasteiger partial charge in [-0.05, 0) is 62.4 Å². The number of rotatable bonds is 2. The molecule has 2 aliphatic rings. The van der Waals surface area contributed by atoms with Crippen molar-refractivity contribution in [2.45, 2.75) is 65.3 Å². The van der Waals surface area contributed by atoms with Crippen LogP contribution in [0.2, 0.25) is 0 Å². The van der Waals surface area contributed by atoms with E-state index in [-0.39, 0.29) is 0 Å². The van der Waals surface area contributed by atoms with Crippen molar-refractivity contribution in [3.05, 3.63) is 0 Å². The summed E-state index contributed by atoms with van der Waals surface area (Å²) in [5.41, 5.74) is 7.07. The number of hydrogen-bond acceptors (Lipinski definition) is 2. The summed E-state index contributed by atoms with van der Waals surface area (Å²) in [6, 6.07) is 0. The van der Waals surface area contributed by atoms with Crippen LogP contribution >= 0.6 is 0 Å². The Kier molecular flexibility index (Phi) is 4.08. The summed E-state index contributed by atoms with van der Waals surface area (Å²) in [6.07, 6.45) is 6.65. The van der Waals surface area contributed by atoms with Gasteiger partial charge >= 0.3 is 0 Å². The van der Waals surface area contributed by atoms with E-state index >= 15 is 0 Å². The number of nitrogens with zero attached hydrogens (tertiary/aromatic N) is 1. The molecule has 1 heterocycles. The van der Waals surface area contributed by atoms with Crippen LogP contribution in [0.25, 0.3) is 0 Å². The predicted molar refractivity (Wildman–Crippen MR) is 78.6 cm³/mol. The van der Waals surface area contributed by atoms with Gasteiger partial charge in [0.2, 0.25) is 0 Å². The number of piperidine rings is 1. The monoisotopic (exact) mass is 252 g/mol. The first kappa shape index (κ1) is 14.3. The van der Waals surface area contributed by atoms with E-state index in [0.29, 0.717) is 11.0 Å². The molecule has 2 heteroatoms. The Labute approximate surface area is 113 Å². The van der Waals surface area contributed by atoms with Gasteiger partial charge in [-0.2, -0.15) is 0 Å². The Morgan fingerprint density at radius 3 is 2.17 bits per heavy atom. The van der Waals surface area contributed by atoms with Gasteiger partial charge < -0.3 is 5.73 Å². The molecule has 0 aromatic carbocycles. The maximum atomic E-state index is 6.20. The minimum absolute atomic E-state index is 0.322. The van der Waals surface area contributed by atoms with E-state index < -0.39 is 0 Å². The molecule has 18 heavy (non-hydrogen) atoms. The zero-order chi connectivity index (χ0) is 13.4. The van der Waals surface area contributed by atoms with Crippen molar-refractivity contribution in [2.24, 2.45) is 23.0 Å². The molecule has 0 aromatic heterocycles. The average molecular weight is 252 g/mol. The minimum Gasteiger partial charge on any atom is -0.329 e. The smallest absolute Gasteiger partial charge is 0.0334 e. The fourth-order valence-corrected chi connectivity index (χ4v) is 3.87. The second kappa shape index (κ2) is 5.13. The molecule has 0 spiro atoms. The van der Waals surface area contributed by atoms with Gasteiger partial charge in [0.1, 0.15) is 0 Å². The third-order valence-electron chi connectivity index (χ3n) is 5.91. The van der Waals surface area contributed by atoms with E-state index in [2.05, 4.69) is 32.6 Å². The molecule has 2 N–H and O–H groups in total. The molecular weight excluding hydrogens is 220 g/mol. The Bertz CT molecular complexity index is 277. The molecule has 0 aromatic rings. The molecule has 0 bridgehead atoms. The van der Waals surface area contributed by atoms with Gasteiger partial charge in [-0.25, -0.2) is 0 Å². The molecule has 3 unspecified atom stereocenters. The molecule has 0 radical (unpaired) electrons. The normalized spacial score (nSPS) is 41.8. The number of likely N-dealkylation sites (tertiary alicyclic amines) is 1. The number of hydrogen-bond donors (Lipinski definition) is 1. The van der Waals surface area contributed by atoms with Crippen molar-refractivity contribution in [3.63, 3.8) is 0 Å². The Morgan fingerprint density at radius 2 is 1.67 bits per heavy atom. The summed E-state index contributed by atoms with van der Waals surface area (Å²) in [5, 5.41) is 0. The van der Waals surface area contributed by atoms with Crippen LogP contribution in [0.3, 0.4) is 0 Å². The maximum Gasteiger partial charge on any atom is 0.0334 e. The summed E-state index contributed by atoms with van der Waals surface area (Å²) in [5.74, 6) is 1.71. The SMILES string of the molecule is CC1CCC(CN)(N2CCC(C)(C)CC2)CC1C. The quantitative estimate of drug-likeness (QED) is 0.817. The first-order chi connectivity index (χ1) is 8.38. The topological polar surface area (TPSA) is 29.3 Å². The van der Waals surface area contributed by atoms with Crippen molar-refractivity contribution in [1.29, 1.82) is 0 Å². The third-order valence-corrected chi connectivity index (χ3v) is 5.91. The highest BCUT2D eigenvalue weighted by Crippen LogP contribution is 2.42. The van der Waals surface area contributed by atoms with E-state index in [1.807, 2.05) is 0 Å². The van der Waals surface area contributed by atoms with Gasteiger partial charge in [0.15, 0.2) is 0 Å². The standard InChI is InChI=1S/C16H32N2/c1-13-5-6-16(12-17,11-14(13)2)18-9-7-15(3,4)8-10-18/h13-14H,5-12,17H2,1-4H3. The molecule has 2 fully saturated rings. The summed E-state index contributed by atoms with van der Waals surface area (Å²) >= 11 is 0. The van der Waals surface area contributed by atoms with Gasteiger partial charge in [0, 0.05) is 12.1 Å². The third kappa shape index (κ3) is 2.75. The molecule has 0 amide bonds. The van der Waals surface area contributed by atoms with Gasteiger partial charge in [-0.15, -0.1) is 0 Å². The maximum absolute atomic E-state index is 6.20. The highest BCUT2D eigenvalue weighted by atomic mass is 15.2. The van der Waals surface area contributed by atoms with Gasteiger partial charge in [0.25, 0.3) is 0 Å². The Morgan fingerprint density at radius 1 is 1.06 bits per heavy atom. The number of nitrogens with two attached hydrogens (primary N) is 1. The Hall–Kier alpha value is -0.0800. The lowest BCUT2D eigenvalue weighted by atomic mass is 9.69. The van der Waals surface area contributed by atoms with Crippen LogP contribution < -0.4 is 5.73 Å². The van der Waals surface area contributed by atoms with Crippen LogP contribution in [0.4, 0.5) is 0 Å². The second-order valence-corrected chi connectivity index (χ2v) is 7.78. The van der Waals surface area contributed by atoms with Crippen LogP contribution in [0, 0.1) is 17.3 Å². The highest BCUT2D eigenvalue weighted by Gasteiger charge is 2.43. The Balaban J connectivity index is 2.05. The van der Waals surface area contributed by atoms with E-state index in [1.165, 1.54) is 45.2 Å². The van der Waals surface area contributed by atoms with Crippen LogP contribution in [-0.4, -0.2) is 30.1 Å². The van der Waals surface area contributed by atoms with Crippen LogP contribution in [-0.2, 0) is 0 Å². The van der Waals surface area contributed by atoms with Crippen LogP contribution in [0.5, 0.6) is 0 Å². The van der Waals surface area contributed by atoms with E-state index in [0.717, 1.165) is 18.4 Å². The molecular formula is C16H32N2. The highest BCUT2D eigenvalue weighted by molar-refractivity contribution is 4.99. The van der Waals surface area contributed by atoms with Gasteiger partial charge in [-0.1, -0.05) is 27.7 Å². The fraction of sp³-hybridized carbons (Fsp3) is 1.00. The lowest BCUT2D eigenvalue weighted by Crippen LogP contribution is -2.59. The van der Waals surface area contributed by atoms with Gasteiger partial charge in [0.05, 0.1) is 0 Å².